The number of carbonyl (C=O) groups is 1. The molecule has 0 bridgehead atoms. The summed E-state index contributed by atoms with van der Waals surface area (Å²) in [6, 6.07) is 9.25. The van der Waals surface area contributed by atoms with Crippen LogP contribution in [0.5, 0.6) is 0 Å². The highest BCUT2D eigenvalue weighted by atomic mass is 35.5. The molecule has 0 aromatic heterocycles. The maximum atomic E-state index is 13.7. The summed E-state index contributed by atoms with van der Waals surface area (Å²) in [7, 11) is -3.69. The van der Waals surface area contributed by atoms with Crippen LogP contribution >= 0.6 is 11.6 Å². The molecule has 0 atom stereocenters. The Balaban J connectivity index is 2.18. The first-order chi connectivity index (χ1) is 11.5. The van der Waals surface area contributed by atoms with E-state index in [0.29, 0.717) is 0 Å². The number of hydrogen-bond donors (Lipinski definition) is 2. The number of sulfonamides is 1. The zero-order chi connectivity index (χ0) is 18.8. The largest absolute Gasteiger partial charge is 0.319 e. The molecule has 134 valence electrons. The molecule has 8 heteroatoms. The Hall–Kier alpha value is -1.96. The van der Waals surface area contributed by atoms with Crippen LogP contribution in [0, 0.1) is 5.82 Å². The fourth-order valence-electron chi connectivity index (χ4n) is 2.03. The van der Waals surface area contributed by atoms with Gasteiger partial charge in [0.25, 0.3) is 5.91 Å². The molecule has 1 amide bonds. The predicted molar refractivity (Wildman–Crippen MR) is 95.9 cm³/mol. The molecule has 0 saturated carbocycles. The molecule has 2 rings (SSSR count). The number of anilines is 1. The van der Waals surface area contributed by atoms with Gasteiger partial charge in [-0.1, -0.05) is 11.6 Å². The molecule has 0 aliphatic rings. The highest BCUT2D eigenvalue weighted by Gasteiger charge is 2.22. The normalized spacial score (nSPS) is 12.0. The van der Waals surface area contributed by atoms with Crippen molar-refractivity contribution >= 4 is 33.2 Å². The highest BCUT2D eigenvalue weighted by Crippen LogP contribution is 2.20. The Morgan fingerprint density at radius 3 is 2.20 bits per heavy atom. The summed E-state index contributed by atoms with van der Waals surface area (Å²) in [5.41, 5.74) is -0.439. The Morgan fingerprint density at radius 1 is 1.08 bits per heavy atom. The second kappa shape index (κ2) is 7.11. The lowest BCUT2D eigenvalue weighted by Gasteiger charge is -2.20. The Bertz CT molecular complexity index is 891. The van der Waals surface area contributed by atoms with Crippen molar-refractivity contribution in [2.75, 3.05) is 5.32 Å². The van der Waals surface area contributed by atoms with Crippen LogP contribution in [0.1, 0.15) is 31.1 Å². The van der Waals surface area contributed by atoms with E-state index in [9.17, 15) is 17.6 Å². The van der Waals surface area contributed by atoms with E-state index in [2.05, 4.69) is 10.0 Å². The van der Waals surface area contributed by atoms with E-state index >= 15 is 0 Å². The third-order valence-electron chi connectivity index (χ3n) is 3.05. The molecule has 0 spiro atoms. The van der Waals surface area contributed by atoms with Gasteiger partial charge in [-0.25, -0.2) is 17.5 Å². The number of nitrogens with one attached hydrogen (secondary N) is 2. The smallest absolute Gasteiger partial charge is 0.255 e. The molecule has 0 saturated heterocycles. The van der Waals surface area contributed by atoms with Gasteiger partial charge < -0.3 is 5.32 Å². The Kier molecular flexibility index (Phi) is 5.51. The van der Waals surface area contributed by atoms with Crippen molar-refractivity contribution in [3.8, 4) is 0 Å². The van der Waals surface area contributed by atoms with Crippen molar-refractivity contribution in [2.45, 2.75) is 31.2 Å². The van der Waals surface area contributed by atoms with Gasteiger partial charge in [-0.2, -0.15) is 0 Å². The van der Waals surface area contributed by atoms with Crippen molar-refractivity contribution < 1.29 is 17.6 Å². The first kappa shape index (κ1) is 19.4. The predicted octanol–water partition coefficient (Wildman–Crippen LogP) is 3.81. The van der Waals surface area contributed by atoms with Gasteiger partial charge in [0.05, 0.1) is 10.6 Å². The van der Waals surface area contributed by atoms with Gasteiger partial charge in [-0.3, -0.25) is 4.79 Å². The molecule has 5 nitrogen and oxygen atoms in total. The zero-order valence-corrected chi connectivity index (χ0v) is 15.5. The van der Waals surface area contributed by atoms with E-state index in [1.807, 2.05) is 0 Å². The van der Waals surface area contributed by atoms with Crippen LogP contribution in [0.15, 0.2) is 47.4 Å². The highest BCUT2D eigenvalue weighted by molar-refractivity contribution is 7.89. The minimum absolute atomic E-state index is 0.0134. The summed E-state index contributed by atoms with van der Waals surface area (Å²) in [5.74, 6) is -1.22. The second-order valence-electron chi connectivity index (χ2n) is 6.46. The summed E-state index contributed by atoms with van der Waals surface area (Å²) in [4.78, 5) is 12.2. The molecule has 2 aromatic rings. The maximum absolute atomic E-state index is 13.7. The molecule has 0 aliphatic carbocycles. The van der Waals surface area contributed by atoms with Crippen LogP contribution in [0.2, 0.25) is 5.02 Å². The lowest BCUT2D eigenvalue weighted by molar-refractivity contribution is 0.102. The van der Waals surface area contributed by atoms with Crippen molar-refractivity contribution in [1.82, 2.24) is 4.72 Å². The standard InChI is InChI=1S/C17H18ClFN2O3S/c1-17(2,3)21-25(23,24)13-7-4-11(5-8-13)16(22)20-15-9-6-12(18)10-14(15)19/h4-10,21H,1-3H3,(H,20,22). The summed E-state index contributed by atoms with van der Waals surface area (Å²) in [6.45, 7) is 5.19. The Morgan fingerprint density at radius 2 is 1.68 bits per heavy atom. The van der Waals surface area contributed by atoms with E-state index < -0.39 is 27.3 Å². The van der Waals surface area contributed by atoms with Gasteiger partial charge in [-0.15, -0.1) is 0 Å². The molecular weight excluding hydrogens is 367 g/mol. The van der Waals surface area contributed by atoms with E-state index in [1.54, 1.807) is 20.8 Å². The van der Waals surface area contributed by atoms with E-state index in [-0.39, 0.29) is 21.2 Å². The van der Waals surface area contributed by atoms with Crippen LogP contribution in [0.3, 0.4) is 0 Å². The summed E-state index contributed by atoms with van der Waals surface area (Å²) in [5, 5.41) is 2.63. The zero-order valence-electron chi connectivity index (χ0n) is 13.9. The van der Waals surface area contributed by atoms with Gasteiger partial charge in [0, 0.05) is 16.1 Å². The van der Waals surface area contributed by atoms with Crippen LogP contribution in [0.25, 0.3) is 0 Å². The maximum Gasteiger partial charge on any atom is 0.255 e. The van der Waals surface area contributed by atoms with Gasteiger partial charge in [0.15, 0.2) is 0 Å². The molecule has 0 radical (unpaired) electrons. The van der Waals surface area contributed by atoms with Crippen LogP contribution in [-0.2, 0) is 10.0 Å². The Labute approximate surface area is 151 Å². The minimum atomic E-state index is -3.69. The van der Waals surface area contributed by atoms with Crippen molar-refractivity contribution in [1.29, 1.82) is 0 Å². The number of benzene rings is 2. The topological polar surface area (TPSA) is 75.3 Å². The molecule has 0 unspecified atom stereocenters. The van der Waals surface area contributed by atoms with Gasteiger partial charge in [-0.05, 0) is 63.2 Å². The summed E-state index contributed by atoms with van der Waals surface area (Å²) >= 11 is 5.66. The third-order valence-corrected chi connectivity index (χ3v) is 5.06. The number of amides is 1. The van der Waals surface area contributed by atoms with E-state index in [0.717, 1.165) is 6.07 Å². The van der Waals surface area contributed by atoms with Crippen molar-refractivity contribution in [3.63, 3.8) is 0 Å². The minimum Gasteiger partial charge on any atom is -0.319 e. The summed E-state index contributed by atoms with van der Waals surface area (Å²) < 4.78 is 40.7. The molecule has 25 heavy (non-hydrogen) atoms. The lowest BCUT2D eigenvalue weighted by atomic mass is 10.1. The first-order valence-electron chi connectivity index (χ1n) is 7.38. The lowest BCUT2D eigenvalue weighted by Crippen LogP contribution is -2.40. The van der Waals surface area contributed by atoms with Gasteiger partial charge in [0.1, 0.15) is 5.82 Å². The fraction of sp³-hybridized carbons (Fsp3) is 0.235. The molecule has 2 aromatic carbocycles. The van der Waals surface area contributed by atoms with Crippen LogP contribution < -0.4 is 10.0 Å². The van der Waals surface area contributed by atoms with Crippen molar-refractivity contribution in [2.24, 2.45) is 0 Å². The number of hydrogen-bond acceptors (Lipinski definition) is 3. The van der Waals surface area contributed by atoms with Gasteiger partial charge >= 0.3 is 0 Å². The molecule has 0 aliphatic heterocycles. The molecule has 2 N–H and O–H groups in total. The van der Waals surface area contributed by atoms with E-state index in [4.69, 9.17) is 11.6 Å². The van der Waals surface area contributed by atoms with Gasteiger partial charge in [0.2, 0.25) is 10.0 Å². The average Bonchev–Trinajstić information content (AvgIpc) is 2.48. The van der Waals surface area contributed by atoms with Crippen LogP contribution in [0.4, 0.5) is 10.1 Å². The van der Waals surface area contributed by atoms with E-state index in [1.165, 1.54) is 36.4 Å². The molecule has 0 fully saturated rings. The van der Waals surface area contributed by atoms with Crippen molar-refractivity contribution in [3.05, 3.63) is 58.9 Å². The summed E-state index contributed by atoms with van der Waals surface area (Å²) in [6.07, 6.45) is 0. The molecular formula is C17H18ClFN2O3S. The fourth-order valence-corrected chi connectivity index (χ4v) is 3.61. The third kappa shape index (κ3) is 5.26. The first-order valence-corrected chi connectivity index (χ1v) is 9.24. The second-order valence-corrected chi connectivity index (χ2v) is 8.58. The van der Waals surface area contributed by atoms with Crippen LogP contribution in [-0.4, -0.2) is 19.9 Å². The number of rotatable bonds is 4. The number of halogens is 2. The average molecular weight is 385 g/mol. The monoisotopic (exact) mass is 384 g/mol. The molecule has 0 heterocycles. The SMILES string of the molecule is CC(C)(C)NS(=O)(=O)c1ccc(C(=O)Nc2ccc(Cl)cc2F)cc1. The quantitative estimate of drug-likeness (QED) is 0.841. The number of carbonyl (C=O) groups excluding carboxylic acids is 1.